The first-order valence-electron chi connectivity index (χ1n) is 10.7. The Kier molecular flexibility index (Phi) is 6.78. The first-order chi connectivity index (χ1) is 14.7. The summed E-state index contributed by atoms with van der Waals surface area (Å²) in [4.78, 5) is 41.3. The Labute approximate surface area is 184 Å². The van der Waals surface area contributed by atoms with Crippen LogP contribution in [0.1, 0.15) is 35.6 Å². The highest BCUT2D eigenvalue weighted by atomic mass is 16.2. The summed E-state index contributed by atoms with van der Waals surface area (Å²) < 4.78 is 0. The minimum atomic E-state index is -0.446. The molecule has 0 saturated carbocycles. The second kappa shape index (κ2) is 9.33. The summed E-state index contributed by atoms with van der Waals surface area (Å²) in [6.45, 7) is 8.27. The number of hydrogen-bond donors (Lipinski definition) is 1. The maximum Gasteiger partial charge on any atom is 0.243 e. The van der Waals surface area contributed by atoms with Crippen LogP contribution in [0.25, 0.3) is 0 Å². The van der Waals surface area contributed by atoms with Gasteiger partial charge in [-0.1, -0.05) is 42.8 Å². The summed E-state index contributed by atoms with van der Waals surface area (Å²) in [6, 6.07) is 11.8. The molecule has 164 valence electrons. The van der Waals surface area contributed by atoms with Crippen LogP contribution in [0.3, 0.4) is 0 Å². The van der Waals surface area contributed by atoms with E-state index < -0.39 is 5.92 Å². The highest BCUT2D eigenvalue weighted by molar-refractivity contribution is 6.02. The van der Waals surface area contributed by atoms with E-state index in [0.717, 1.165) is 40.0 Å². The Hall–Kier alpha value is -3.15. The molecule has 6 nitrogen and oxygen atoms in total. The standard InChI is InChI=1S/C25H31N3O3/c1-6-19-9-7-8-10-21(19)28-14-20(13-23(28)30)25(31)27(5)15-22(29)26-24-17(3)11-16(2)12-18(24)4/h7-12,20H,6,13-15H2,1-5H3,(H,26,29)/t20-/m0/s1. The number of rotatable bonds is 6. The minimum Gasteiger partial charge on any atom is -0.336 e. The van der Waals surface area contributed by atoms with E-state index in [1.54, 1.807) is 11.9 Å². The predicted molar refractivity (Wildman–Crippen MR) is 123 cm³/mol. The van der Waals surface area contributed by atoms with Crippen molar-refractivity contribution in [3.63, 3.8) is 0 Å². The summed E-state index contributed by atoms with van der Waals surface area (Å²) >= 11 is 0. The lowest BCUT2D eigenvalue weighted by atomic mass is 10.0. The van der Waals surface area contributed by atoms with Crippen molar-refractivity contribution in [1.29, 1.82) is 0 Å². The van der Waals surface area contributed by atoms with Gasteiger partial charge in [0.05, 0.1) is 12.5 Å². The van der Waals surface area contributed by atoms with Gasteiger partial charge in [0.2, 0.25) is 17.7 Å². The fraction of sp³-hybridized carbons (Fsp3) is 0.400. The number of hydrogen-bond acceptors (Lipinski definition) is 3. The van der Waals surface area contributed by atoms with Crippen molar-refractivity contribution < 1.29 is 14.4 Å². The second-order valence-electron chi connectivity index (χ2n) is 8.40. The third-order valence-corrected chi connectivity index (χ3v) is 5.84. The number of likely N-dealkylation sites (N-methyl/N-ethyl adjacent to an activating group) is 1. The van der Waals surface area contributed by atoms with Gasteiger partial charge in [0.1, 0.15) is 0 Å². The summed E-state index contributed by atoms with van der Waals surface area (Å²) in [5.41, 5.74) is 5.87. The van der Waals surface area contributed by atoms with Gasteiger partial charge in [0.25, 0.3) is 0 Å². The van der Waals surface area contributed by atoms with Crippen LogP contribution in [0.5, 0.6) is 0 Å². The van der Waals surface area contributed by atoms with Gasteiger partial charge in [-0.15, -0.1) is 0 Å². The Morgan fingerprint density at radius 2 is 1.77 bits per heavy atom. The van der Waals surface area contributed by atoms with Crippen molar-refractivity contribution in [2.75, 3.05) is 30.4 Å². The van der Waals surface area contributed by atoms with Crippen LogP contribution in [0.2, 0.25) is 0 Å². The number of benzene rings is 2. The van der Waals surface area contributed by atoms with Crippen molar-refractivity contribution in [2.24, 2.45) is 5.92 Å². The number of carbonyl (C=O) groups excluding carboxylic acids is 3. The molecule has 0 bridgehead atoms. The summed E-state index contributed by atoms with van der Waals surface area (Å²) in [5.74, 6) is -0.929. The molecular weight excluding hydrogens is 390 g/mol. The van der Waals surface area contributed by atoms with Crippen LogP contribution in [0.4, 0.5) is 11.4 Å². The van der Waals surface area contributed by atoms with E-state index in [9.17, 15) is 14.4 Å². The summed E-state index contributed by atoms with van der Waals surface area (Å²) in [5, 5.41) is 2.93. The monoisotopic (exact) mass is 421 g/mol. The van der Waals surface area contributed by atoms with Crippen molar-refractivity contribution in [3.05, 3.63) is 58.7 Å². The maximum absolute atomic E-state index is 13.0. The Bertz CT molecular complexity index is 992. The number of nitrogens with one attached hydrogen (secondary N) is 1. The van der Waals surface area contributed by atoms with E-state index in [1.165, 1.54) is 4.90 Å². The molecule has 6 heteroatoms. The Morgan fingerprint density at radius 3 is 2.42 bits per heavy atom. The molecule has 3 amide bonds. The molecule has 31 heavy (non-hydrogen) atoms. The zero-order valence-electron chi connectivity index (χ0n) is 19.0. The number of carbonyl (C=O) groups is 3. The Balaban J connectivity index is 1.64. The quantitative estimate of drug-likeness (QED) is 0.774. The number of aryl methyl sites for hydroxylation is 4. The number of amides is 3. The van der Waals surface area contributed by atoms with Crippen molar-refractivity contribution >= 4 is 29.1 Å². The molecule has 0 spiro atoms. The molecular formula is C25H31N3O3. The van der Waals surface area contributed by atoms with Gasteiger partial charge in [-0.2, -0.15) is 0 Å². The second-order valence-corrected chi connectivity index (χ2v) is 8.40. The molecule has 0 aromatic heterocycles. The van der Waals surface area contributed by atoms with E-state index in [-0.39, 0.29) is 30.7 Å². The largest absolute Gasteiger partial charge is 0.336 e. The average molecular weight is 422 g/mol. The summed E-state index contributed by atoms with van der Waals surface area (Å²) in [7, 11) is 1.61. The molecule has 1 heterocycles. The first kappa shape index (κ1) is 22.5. The molecule has 1 aliphatic heterocycles. The highest BCUT2D eigenvalue weighted by Crippen LogP contribution is 2.29. The van der Waals surface area contributed by atoms with Crippen LogP contribution in [0.15, 0.2) is 36.4 Å². The lowest BCUT2D eigenvalue weighted by molar-refractivity contribution is -0.137. The zero-order chi connectivity index (χ0) is 22.7. The molecule has 1 fully saturated rings. The van der Waals surface area contributed by atoms with Crippen molar-refractivity contribution in [3.8, 4) is 0 Å². The van der Waals surface area contributed by atoms with Crippen LogP contribution < -0.4 is 10.2 Å². The Morgan fingerprint density at radius 1 is 1.13 bits per heavy atom. The third kappa shape index (κ3) is 4.95. The van der Waals surface area contributed by atoms with Crippen molar-refractivity contribution in [1.82, 2.24) is 4.90 Å². The van der Waals surface area contributed by atoms with E-state index in [2.05, 4.69) is 5.32 Å². The molecule has 1 aliphatic rings. The van der Waals surface area contributed by atoms with E-state index in [4.69, 9.17) is 0 Å². The van der Waals surface area contributed by atoms with Crippen LogP contribution in [-0.2, 0) is 20.8 Å². The highest BCUT2D eigenvalue weighted by Gasteiger charge is 2.37. The molecule has 2 aromatic carbocycles. The number of para-hydroxylation sites is 1. The molecule has 1 N–H and O–H groups in total. The lowest BCUT2D eigenvalue weighted by Gasteiger charge is -2.22. The molecule has 1 saturated heterocycles. The lowest BCUT2D eigenvalue weighted by Crippen LogP contribution is -2.39. The molecule has 3 rings (SSSR count). The van der Waals surface area contributed by atoms with Gasteiger partial charge in [-0.3, -0.25) is 14.4 Å². The topological polar surface area (TPSA) is 69.7 Å². The minimum absolute atomic E-state index is 0.0528. The number of anilines is 2. The fourth-order valence-corrected chi connectivity index (χ4v) is 4.34. The third-order valence-electron chi connectivity index (χ3n) is 5.84. The van der Waals surface area contributed by atoms with E-state index in [1.807, 2.05) is 64.1 Å². The van der Waals surface area contributed by atoms with Crippen molar-refractivity contribution in [2.45, 2.75) is 40.5 Å². The first-order valence-corrected chi connectivity index (χ1v) is 10.7. The van der Waals surface area contributed by atoms with Gasteiger partial charge in [0.15, 0.2) is 0 Å². The van der Waals surface area contributed by atoms with Crippen LogP contribution in [-0.4, -0.2) is 42.8 Å². The average Bonchev–Trinajstić information content (AvgIpc) is 3.11. The molecule has 0 unspecified atom stereocenters. The molecule has 2 aromatic rings. The fourth-order valence-electron chi connectivity index (χ4n) is 4.34. The van der Waals surface area contributed by atoms with Gasteiger partial charge in [-0.25, -0.2) is 0 Å². The summed E-state index contributed by atoms with van der Waals surface area (Å²) in [6.07, 6.45) is 0.982. The van der Waals surface area contributed by atoms with Gasteiger partial charge >= 0.3 is 0 Å². The van der Waals surface area contributed by atoms with E-state index >= 15 is 0 Å². The zero-order valence-corrected chi connectivity index (χ0v) is 19.0. The van der Waals surface area contributed by atoms with Crippen LogP contribution >= 0.6 is 0 Å². The smallest absolute Gasteiger partial charge is 0.243 e. The van der Waals surface area contributed by atoms with Gasteiger partial charge in [0, 0.05) is 31.4 Å². The van der Waals surface area contributed by atoms with E-state index in [0.29, 0.717) is 6.54 Å². The SMILES string of the molecule is CCc1ccccc1N1C[C@@H](C(=O)N(C)CC(=O)Nc2c(C)cc(C)cc2C)CC1=O. The predicted octanol–water partition coefficient (Wildman–Crippen LogP) is 3.62. The molecule has 0 aliphatic carbocycles. The molecule has 1 atom stereocenters. The number of nitrogens with zero attached hydrogens (tertiary/aromatic N) is 2. The van der Waals surface area contributed by atoms with Crippen LogP contribution in [0, 0.1) is 26.7 Å². The normalized spacial score (nSPS) is 15.8. The van der Waals surface area contributed by atoms with Gasteiger partial charge < -0.3 is 15.1 Å². The van der Waals surface area contributed by atoms with Gasteiger partial charge in [-0.05, 0) is 49.9 Å². The maximum atomic E-state index is 13.0. The molecule has 0 radical (unpaired) electrons.